The third kappa shape index (κ3) is 15.2. The van der Waals surface area contributed by atoms with Crippen molar-refractivity contribution in [2.45, 2.75) is 101 Å². The maximum absolute atomic E-state index is 11.3. The minimum Gasteiger partial charge on any atom is -0.492 e. The van der Waals surface area contributed by atoms with Gasteiger partial charge in [0, 0.05) is 23.8 Å². The number of aryl methyl sites for hydroxylation is 3. The summed E-state index contributed by atoms with van der Waals surface area (Å²) in [5.74, 6) is 3.97. The van der Waals surface area contributed by atoms with Crippen molar-refractivity contribution in [1.29, 1.82) is 0 Å². The van der Waals surface area contributed by atoms with Gasteiger partial charge in [-0.25, -0.2) is 9.97 Å². The zero-order valence-electron chi connectivity index (χ0n) is 33.2. The van der Waals surface area contributed by atoms with Crippen LogP contribution in [0.5, 0.6) is 17.2 Å². The third-order valence-electron chi connectivity index (χ3n) is 8.42. The number of nitrogens with zero attached hydrogens (tertiary/aromatic N) is 4. The molecule has 8 nitrogen and oxygen atoms in total. The van der Waals surface area contributed by atoms with Gasteiger partial charge in [0.25, 0.3) is 0 Å². The van der Waals surface area contributed by atoms with Gasteiger partial charge in [0.1, 0.15) is 29.4 Å². The maximum atomic E-state index is 11.3. The number of hydrogen-bond donors (Lipinski definition) is 1. The molecule has 0 bridgehead atoms. The van der Waals surface area contributed by atoms with Crippen molar-refractivity contribution < 1.29 is 14.3 Å². The molecule has 0 saturated heterocycles. The van der Waals surface area contributed by atoms with Crippen molar-refractivity contribution in [1.82, 2.24) is 19.9 Å². The summed E-state index contributed by atoms with van der Waals surface area (Å²) in [4.78, 5) is 26.6. The molecule has 1 N–H and O–H groups in total. The molecule has 2 aromatic heterocycles. The van der Waals surface area contributed by atoms with Gasteiger partial charge in [-0.3, -0.25) is 9.78 Å². The number of ether oxygens (including phenoxy) is 2. The van der Waals surface area contributed by atoms with E-state index < -0.39 is 0 Å². The van der Waals surface area contributed by atoms with Crippen molar-refractivity contribution in [3.63, 3.8) is 0 Å². The summed E-state index contributed by atoms with van der Waals surface area (Å²) in [7, 11) is 3.97. The molecule has 0 aliphatic carbocycles. The Morgan fingerprint density at radius 1 is 0.902 bits per heavy atom. The lowest BCUT2D eigenvalue weighted by molar-refractivity contribution is -0.117. The molecule has 2 unspecified atom stereocenters. The lowest BCUT2D eigenvalue weighted by atomic mass is 10.0. The number of likely N-dealkylation sites (N-methyl/N-ethyl adjacent to an activating group) is 1. The average molecular weight is 698 g/mol. The molecule has 0 spiro atoms. The number of aromatic nitrogens is 3. The van der Waals surface area contributed by atoms with E-state index >= 15 is 0 Å². The molecular weight excluding hydrogens is 635 g/mol. The van der Waals surface area contributed by atoms with Crippen molar-refractivity contribution in [3.05, 3.63) is 84.0 Å². The molecule has 2 atom stereocenters. The molecule has 0 fully saturated rings. The number of fused-ring (bicyclic) bond motifs is 1. The number of rotatable bonds is 16. The third-order valence-corrected chi connectivity index (χ3v) is 8.42. The monoisotopic (exact) mass is 697 g/mol. The highest BCUT2D eigenvalue weighted by molar-refractivity contribution is 5.96. The first-order valence-electron chi connectivity index (χ1n) is 18.6. The number of carbonyl (C=O) groups excluding carboxylic acids is 1. The number of hydrogen-bond acceptors (Lipinski definition) is 8. The molecule has 8 heteroatoms. The van der Waals surface area contributed by atoms with Crippen LogP contribution in [0, 0.1) is 32.6 Å². The van der Waals surface area contributed by atoms with Gasteiger partial charge in [0.2, 0.25) is 0 Å². The predicted octanol–water partition coefficient (Wildman–Crippen LogP) is 11.2. The number of anilines is 2. The Morgan fingerprint density at radius 2 is 1.65 bits per heavy atom. The van der Waals surface area contributed by atoms with Gasteiger partial charge in [-0.1, -0.05) is 79.4 Å². The van der Waals surface area contributed by atoms with Crippen LogP contribution in [0.3, 0.4) is 0 Å². The van der Waals surface area contributed by atoms with Crippen molar-refractivity contribution in [3.8, 4) is 17.2 Å². The first-order chi connectivity index (χ1) is 24.4. The smallest absolute Gasteiger partial charge is 0.158 e. The van der Waals surface area contributed by atoms with E-state index in [0.29, 0.717) is 18.3 Å². The zero-order valence-corrected chi connectivity index (χ0v) is 33.2. The lowest BCUT2D eigenvalue weighted by Crippen LogP contribution is -2.12. The molecule has 4 aromatic rings. The van der Waals surface area contributed by atoms with Gasteiger partial charge in [0.05, 0.1) is 23.7 Å². The van der Waals surface area contributed by atoms with E-state index in [0.717, 1.165) is 70.1 Å². The number of ketones is 1. The van der Waals surface area contributed by atoms with E-state index in [4.69, 9.17) is 9.47 Å². The Morgan fingerprint density at radius 3 is 2.25 bits per heavy atom. The highest BCUT2D eigenvalue weighted by Crippen LogP contribution is 2.36. The second kappa shape index (κ2) is 23.2. The van der Waals surface area contributed by atoms with Crippen LogP contribution in [-0.4, -0.2) is 52.9 Å². The van der Waals surface area contributed by atoms with Crippen molar-refractivity contribution in [2.24, 2.45) is 11.8 Å². The van der Waals surface area contributed by atoms with E-state index in [1.807, 2.05) is 89.2 Å². The molecule has 278 valence electrons. The van der Waals surface area contributed by atoms with Crippen molar-refractivity contribution in [2.75, 3.05) is 32.6 Å². The van der Waals surface area contributed by atoms with Gasteiger partial charge in [-0.15, -0.1) is 0 Å². The molecule has 2 aromatic carbocycles. The summed E-state index contributed by atoms with van der Waals surface area (Å²) in [6, 6.07) is 13.9. The van der Waals surface area contributed by atoms with Gasteiger partial charge in [0.15, 0.2) is 5.78 Å². The largest absolute Gasteiger partial charge is 0.492 e. The molecule has 0 aliphatic heterocycles. The SMILES string of the molecule is CCC(C)C(=O)/C=C/CN(C)C.CCCC.CCCCC(C)COc1c(C)ccc2ncnc(Nc3ccc(Oc4ccc(C)nc4)c(C)c3)c12. The number of unbranched alkanes of at least 4 members (excludes halogenated alkanes) is 2. The summed E-state index contributed by atoms with van der Waals surface area (Å²) < 4.78 is 12.4. The number of allylic oxidation sites excluding steroid dienone is 1. The maximum Gasteiger partial charge on any atom is 0.158 e. The molecule has 2 heterocycles. The van der Waals surface area contributed by atoms with Gasteiger partial charge >= 0.3 is 0 Å². The van der Waals surface area contributed by atoms with E-state index in [1.165, 1.54) is 25.7 Å². The minimum absolute atomic E-state index is 0.170. The molecule has 4 rings (SSSR count). The van der Waals surface area contributed by atoms with Gasteiger partial charge in [-0.05, 0) is 107 Å². The molecule has 0 radical (unpaired) electrons. The van der Waals surface area contributed by atoms with E-state index in [2.05, 4.69) is 61.0 Å². The highest BCUT2D eigenvalue weighted by Gasteiger charge is 2.15. The fourth-order valence-corrected chi connectivity index (χ4v) is 4.73. The molecule has 51 heavy (non-hydrogen) atoms. The van der Waals surface area contributed by atoms with Crippen LogP contribution < -0.4 is 14.8 Å². The minimum atomic E-state index is 0.170. The fraction of sp³-hybridized carbons (Fsp3) is 0.488. The summed E-state index contributed by atoms with van der Waals surface area (Å²) in [6.45, 7) is 20.4. The second-order valence-electron chi connectivity index (χ2n) is 13.6. The topological polar surface area (TPSA) is 89.5 Å². The number of nitrogens with one attached hydrogen (secondary N) is 1. The molecule has 0 aliphatic rings. The van der Waals surface area contributed by atoms with E-state index in [-0.39, 0.29) is 11.7 Å². The Bertz CT molecular complexity index is 1630. The van der Waals surface area contributed by atoms with Crippen LogP contribution in [0.1, 0.15) is 96.9 Å². The van der Waals surface area contributed by atoms with Crippen LogP contribution in [0.25, 0.3) is 10.9 Å². The van der Waals surface area contributed by atoms with Crippen LogP contribution in [0.2, 0.25) is 0 Å². The Balaban J connectivity index is 0.000000472. The van der Waals surface area contributed by atoms with Crippen LogP contribution in [-0.2, 0) is 4.79 Å². The second-order valence-corrected chi connectivity index (χ2v) is 13.6. The molecule has 0 amide bonds. The molecular formula is C43H63N5O3. The summed E-state index contributed by atoms with van der Waals surface area (Å²) >= 11 is 0. The van der Waals surface area contributed by atoms with E-state index in [9.17, 15) is 4.79 Å². The van der Waals surface area contributed by atoms with Gasteiger partial charge < -0.3 is 19.7 Å². The van der Waals surface area contributed by atoms with Crippen LogP contribution in [0.4, 0.5) is 11.5 Å². The standard InChI is InChI=1S/C29H34N4O2.C10H19NO.C4H10/c1-6-7-8-19(2)17-34-28-20(3)9-13-25-27(28)29(32-18-31-25)33-23-11-14-26(21(4)15-23)35-24-12-10-22(5)30-16-24;1-5-9(2)10(12)7-6-8-11(3)4;1-3-4-2/h9-16,18-19H,6-8,17H2,1-5H3,(H,31,32,33);6-7,9H,5,8H2,1-4H3;3-4H2,1-2H3/b;7-6+;. The lowest BCUT2D eigenvalue weighted by Gasteiger charge is -2.18. The van der Waals surface area contributed by atoms with Crippen LogP contribution >= 0.6 is 0 Å². The fourth-order valence-electron chi connectivity index (χ4n) is 4.73. The number of carbonyl (C=O) groups is 1. The summed E-state index contributed by atoms with van der Waals surface area (Å²) in [5, 5.41) is 4.38. The molecule has 0 saturated carbocycles. The highest BCUT2D eigenvalue weighted by atomic mass is 16.5. The Kier molecular flexibility index (Phi) is 19.5. The first-order valence-corrected chi connectivity index (χ1v) is 18.6. The van der Waals surface area contributed by atoms with Gasteiger partial charge in [-0.2, -0.15) is 0 Å². The van der Waals surface area contributed by atoms with Crippen molar-refractivity contribution >= 4 is 28.2 Å². The number of pyridine rings is 1. The number of benzene rings is 2. The zero-order chi connectivity index (χ0) is 37.8. The summed E-state index contributed by atoms with van der Waals surface area (Å²) in [5.41, 5.74) is 4.81. The Hall–Kier alpha value is -4.30. The predicted molar refractivity (Wildman–Crippen MR) is 215 cm³/mol. The quantitative estimate of drug-likeness (QED) is 0.116. The Labute approximate surface area is 308 Å². The normalized spacial score (nSPS) is 12.1. The average Bonchev–Trinajstić information content (AvgIpc) is 3.12. The van der Waals surface area contributed by atoms with E-state index in [1.54, 1.807) is 18.6 Å². The summed E-state index contributed by atoms with van der Waals surface area (Å²) in [6.07, 6.45) is 14.1. The van der Waals surface area contributed by atoms with Crippen LogP contribution in [0.15, 0.2) is 67.1 Å². The first kappa shape index (κ1) is 42.9.